The highest BCUT2D eigenvalue weighted by molar-refractivity contribution is 5.21. The predicted octanol–water partition coefficient (Wildman–Crippen LogP) is 1.02. The topological polar surface area (TPSA) is 46.9 Å². The molecule has 2 aliphatic rings. The molecule has 4 atom stereocenters. The van der Waals surface area contributed by atoms with E-state index in [9.17, 15) is 14.6 Å². The molecule has 4 unspecified atom stereocenters. The third kappa shape index (κ3) is 4.20. The molecule has 2 rings (SSSR count). The Kier molecular flexibility index (Phi) is 5.84. The summed E-state index contributed by atoms with van der Waals surface area (Å²) in [7, 11) is 0. The minimum absolute atomic E-state index is 0.176. The molecule has 0 radical (unpaired) electrons. The molecule has 0 saturated carbocycles. The van der Waals surface area contributed by atoms with Crippen LogP contribution < -0.4 is 0 Å². The lowest BCUT2D eigenvalue weighted by molar-refractivity contribution is -0.00861. The molecule has 2 aliphatic heterocycles. The van der Waals surface area contributed by atoms with Crippen LogP contribution in [0, 0.1) is 11.8 Å². The Morgan fingerprint density at radius 3 is 2.77 bits per heavy atom. The van der Waals surface area contributed by atoms with Crippen molar-refractivity contribution in [1.29, 1.82) is 0 Å². The fourth-order valence-corrected chi connectivity index (χ4v) is 3.33. The number of β-amino-alcohol motifs (C(OH)–C–C–N with tert-alkyl or cyclic N) is 1. The van der Waals surface area contributed by atoms with Gasteiger partial charge in [-0.3, -0.25) is 9.80 Å². The van der Waals surface area contributed by atoms with Gasteiger partial charge in [-0.1, -0.05) is 18.8 Å². The molecule has 0 aliphatic carbocycles. The third-order valence-corrected chi connectivity index (χ3v) is 4.84. The average molecular weight is 312 g/mol. The summed E-state index contributed by atoms with van der Waals surface area (Å²) >= 11 is 0. The van der Waals surface area contributed by atoms with Crippen LogP contribution in [-0.4, -0.2) is 76.2 Å². The van der Waals surface area contributed by atoms with Crippen LogP contribution in [0.15, 0.2) is 0 Å². The molecule has 4 nitrogen and oxygen atoms in total. The van der Waals surface area contributed by atoms with Gasteiger partial charge in [-0.05, 0) is 39.8 Å². The van der Waals surface area contributed by atoms with E-state index in [1.165, 1.54) is 0 Å². The standard InChI is InChI=1S/C17H29FN2O2/c1-4-19-11-15(18)16(21)10-14(19)6-8-17(22)7-5-9-20(12-17)13(2)3/h13-16,21-22H,4-5,7,9-12H2,1-3H3. The van der Waals surface area contributed by atoms with E-state index >= 15 is 0 Å². The lowest BCUT2D eigenvalue weighted by Gasteiger charge is -2.39. The Labute approximate surface area is 133 Å². The second kappa shape index (κ2) is 7.27. The first-order valence-electron chi connectivity index (χ1n) is 8.40. The molecule has 2 heterocycles. The zero-order chi connectivity index (χ0) is 16.3. The van der Waals surface area contributed by atoms with E-state index in [0.29, 0.717) is 32.0 Å². The normalized spacial score (nSPS) is 37.9. The Hall–Kier alpha value is -0.670. The van der Waals surface area contributed by atoms with Gasteiger partial charge in [-0.2, -0.15) is 0 Å². The molecular formula is C17H29FN2O2. The van der Waals surface area contributed by atoms with Gasteiger partial charge < -0.3 is 10.2 Å². The van der Waals surface area contributed by atoms with Crippen molar-refractivity contribution in [3.05, 3.63) is 0 Å². The molecule has 0 spiro atoms. The van der Waals surface area contributed by atoms with Gasteiger partial charge in [0.1, 0.15) is 11.8 Å². The average Bonchev–Trinajstić information content (AvgIpc) is 2.48. The molecule has 2 saturated heterocycles. The van der Waals surface area contributed by atoms with Gasteiger partial charge in [0, 0.05) is 25.6 Å². The van der Waals surface area contributed by atoms with E-state index in [2.05, 4.69) is 30.6 Å². The summed E-state index contributed by atoms with van der Waals surface area (Å²) in [5, 5.41) is 20.5. The number of alkyl halides is 1. The molecule has 0 amide bonds. The number of piperidine rings is 2. The summed E-state index contributed by atoms with van der Waals surface area (Å²) < 4.78 is 13.6. The van der Waals surface area contributed by atoms with Gasteiger partial charge >= 0.3 is 0 Å². The fraction of sp³-hybridized carbons (Fsp3) is 0.882. The van der Waals surface area contributed by atoms with Crippen molar-refractivity contribution in [3.63, 3.8) is 0 Å². The molecule has 2 N–H and O–H groups in total. The van der Waals surface area contributed by atoms with Crippen LogP contribution in [0.1, 0.15) is 40.0 Å². The number of hydrogen-bond donors (Lipinski definition) is 2. The second-order valence-corrected chi connectivity index (χ2v) is 6.89. The van der Waals surface area contributed by atoms with Crippen LogP contribution in [0.2, 0.25) is 0 Å². The van der Waals surface area contributed by atoms with E-state index in [0.717, 1.165) is 13.0 Å². The zero-order valence-electron chi connectivity index (χ0n) is 13.9. The van der Waals surface area contributed by atoms with E-state index in [-0.39, 0.29) is 12.6 Å². The number of aliphatic hydroxyl groups excluding tert-OH is 1. The molecule has 22 heavy (non-hydrogen) atoms. The van der Waals surface area contributed by atoms with Gasteiger partial charge in [0.15, 0.2) is 0 Å². The minimum atomic E-state index is -1.20. The van der Waals surface area contributed by atoms with Crippen molar-refractivity contribution in [3.8, 4) is 11.8 Å². The first-order valence-corrected chi connectivity index (χ1v) is 8.40. The van der Waals surface area contributed by atoms with Crippen molar-refractivity contribution < 1.29 is 14.6 Å². The van der Waals surface area contributed by atoms with Crippen molar-refractivity contribution in [1.82, 2.24) is 9.80 Å². The van der Waals surface area contributed by atoms with Gasteiger partial charge in [-0.25, -0.2) is 4.39 Å². The maximum Gasteiger partial charge on any atom is 0.139 e. The first kappa shape index (κ1) is 17.7. The van der Waals surface area contributed by atoms with E-state index in [4.69, 9.17) is 0 Å². The Balaban J connectivity index is 2.07. The van der Waals surface area contributed by atoms with Crippen molar-refractivity contribution in [2.24, 2.45) is 0 Å². The molecule has 5 heteroatoms. The molecule has 0 aromatic rings. The van der Waals surface area contributed by atoms with Crippen LogP contribution in [0.4, 0.5) is 4.39 Å². The number of likely N-dealkylation sites (tertiary alicyclic amines) is 2. The maximum absolute atomic E-state index is 13.6. The van der Waals surface area contributed by atoms with Crippen molar-refractivity contribution in [2.45, 2.75) is 70.0 Å². The SMILES string of the molecule is CCN1CC(F)C(O)CC1C#CC1(O)CCCN(C(C)C)C1. The van der Waals surface area contributed by atoms with Gasteiger partial charge in [0.25, 0.3) is 0 Å². The Morgan fingerprint density at radius 2 is 2.14 bits per heavy atom. The summed E-state index contributed by atoms with van der Waals surface area (Å²) in [5.74, 6) is 6.16. The van der Waals surface area contributed by atoms with Gasteiger partial charge in [0.05, 0.1) is 12.1 Å². The number of hydrogen-bond acceptors (Lipinski definition) is 4. The zero-order valence-corrected chi connectivity index (χ0v) is 13.9. The van der Waals surface area contributed by atoms with Crippen molar-refractivity contribution in [2.75, 3.05) is 26.2 Å². The van der Waals surface area contributed by atoms with Gasteiger partial charge in [-0.15, -0.1) is 0 Å². The highest BCUT2D eigenvalue weighted by Gasteiger charge is 2.35. The largest absolute Gasteiger partial charge is 0.390 e. The number of nitrogens with zero attached hydrogens (tertiary/aromatic N) is 2. The first-order chi connectivity index (χ1) is 10.3. The Bertz CT molecular complexity index is 434. The number of rotatable bonds is 2. The third-order valence-electron chi connectivity index (χ3n) is 4.84. The minimum Gasteiger partial charge on any atom is -0.390 e. The van der Waals surface area contributed by atoms with Crippen LogP contribution >= 0.6 is 0 Å². The lowest BCUT2D eigenvalue weighted by Crippen LogP contribution is -2.51. The molecular weight excluding hydrogens is 283 g/mol. The smallest absolute Gasteiger partial charge is 0.139 e. The molecule has 0 aromatic carbocycles. The second-order valence-electron chi connectivity index (χ2n) is 6.89. The summed E-state index contributed by atoms with van der Waals surface area (Å²) in [6, 6.07) is 0.218. The predicted molar refractivity (Wildman–Crippen MR) is 85.2 cm³/mol. The van der Waals surface area contributed by atoms with E-state index in [1.807, 2.05) is 11.8 Å². The summed E-state index contributed by atoms with van der Waals surface area (Å²) in [6.07, 6.45) is -0.231. The van der Waals surface area contributed by atoms with Crippen LogP contribution in [0.5, 0.6) is 0 Å². The van der Waals surface area contributed by atoms with Crippen LogP contribution in [0.25, 0.3) is 0 Å². The molecule has 0 aromatic heterocycles. The van der Waals surface area contributed by atoms with Gasteiger partial charge in [0.2, 0.25) is 0 Å². The maximum atomic E-state index is 13.6. The number of aliphatic hydroxyl groups is 2. The quantitative estimate of drug-likeness (QED) is 0.748. The molecule has 126 valence electrons. The van der Waals surface area contributed by atoms with Crippen LogP contribution in [0.3, 0.4) is 0 Å². The van der Waals surface area contributed by atoms with E-state index < -0.39 is 17.9 Å². The number of halogens is 1. The summed E-state index contributed by atoms with van der Waals surface area (Å²) in [4.78, 5) is 4.18. The summed E-state index contributed by atoms with van der Waals surface area (Å²) in [5.41, 5.74) is -0.987. The lowest BCUT2D eigenvalue weighted by atomic mass is 9.91. The highest BCUT2D eigenvalue weighted by atomic mass is 19.1. The summed E-state index contributed by atoms with van der Waals surface area (Å²) in [6.45, 7) is 8.68. The van der Waals surface area contributed by atoms with Crippen molar-refractivity contribution >= 4 is 0 Å². The highest BCUT2D eigenvalue weighted by Crippen LogP contribution is 2.23. The van der Waals surface area contributed by atoms with E-state index in [1.54, 1.807) is 0 Å². The monoisotopic (exact) mass is 312 g/mol. The Morgan fingerprint density at radius 1 is 1.41 bits per heavy atom. The molecule has 0 bridgehead atoms. The molecule has 2 fully saturated rings. The van der Waals surface area contributed by atoms with Crippen LogP contribution in [-0.2, 0) is 0 Å². The fourth-order valence-electron chi connectivity index (χ4n) is 3.33.